The first-order chi connectivity index (χ1) is 4.31. The Kier molecular flexibility index (Phi) is 6.65. The van der Waals surface area contributed by atoms with E-state index >= 15 is 0 Å². The Morgan fingerprint density at radius 2 is 2.22 bits per heavy atom. The number of nitrogens with one attached hydrogen (secondary N) is 1. The van der Waals surface area contributed by atoms with Crippen molar-refractivity contribution in [3.8, 4) is 0 Å². The van der Waals surface area contributed by atoms with Crippen LogP contribution in [0.2, 0.25) is 0 Å². The van der Waals surface area contributed by atoms with Crippen LogP contribution in [-0.4, -0.2) is 12.3 Å². The monoisotopic (exact) mass is 147 g/mol. The fraction of sp³-hybridized carbons (Fsp3) is 1.00. The van der Waals surface area contributed by atoms with Crippen molar-refractivity contribution in [3.63, 3.8) is 0 Å². The molecule has 0 radical (unpaired) electrons. The van der Waals surface area contributed by atoms with E-state index < -0.39 is 0 Å². The zero-order valence-corrected chi connectivity index (χ0v) is 7.42. The second-order valence-corrected chi connectivity index (χ2v) is 3.01. The third-order valence-corrected chi connectivity index (χ3v) is 1.95. The molecule has 1 unspecified atom stereocenters. The summed E-state index contributed by atoms with van der Waals surface area (Å²) < 4.78 is 3.30. The van der Waals surface area contributed by atoms with E-state index in [0.29, 0.717) is 6.04 Å². The van der Waals surface area contributed by atoms with Crippen molar-refractivity contribution in [2.24, 2.45) is 0 Å². The van der Waals surface area contributed by atoms with Gasteiger partial charge < -0.3 is 0 Å². The van der Waals surface area contributed by atoms with Crippen LogP contribution in [0.1, 0.15) is 33.1 Å². The number of rotatable bonds is 5. The second kappa shape index (κ2) is 6.43. The first-order valence-electron chi connectivity index (χ1n) is 3.59. The molecular formula is C7H17NS. The Labute approximate surface area is 62.7 Å². The number of hydrogen-bond donors (Lipinski definition) is 1. The van der Waals surface area contributed by atoms with Gasteiger partial charge in [0.1, 0.15) is 0 Å². The molecule has 0 fully saturated rings. The minimum Gasteiger partial charge on any atom is -0.262 e. The van der Waals surface area contributed by atoms with E-state index in [1.807, 2.05) is 0 Å². The van der Waals surface area contributed by atoms with Gasteiger partial charge in [0.2, 0.25) is 0 Å². The molecule has 0 amide bonds. The van der Waals surface area contributed by atoms with E-state index in [-0.39, 0.29) is 0 Å². The van der Waals surface area contributed by atoms with E-state index in [1.165, 1.54) is 19.3 Å². The summed E-state index contributed by atoms with van der Waals surface area (Å²) >= 11 is 1.71. The fourth-order valence-corrected chi connectivity index (χ4v) is 1.29. The quantitative estimate of drug-likeness (QED) is 0.599. The highest BCUT2D eigenvalue weighted by Gasteiger charge is 1.96. The van der Waals surface area contributed by atoms with Gasteiger partial charge in [0.15, 0.2) is 0 Å². The van der Waals surface area contributed by atoms with E-state index in [1.54, 1.807) is 11.9 Å². The summed E-state index contributed by atoms with van der Waals surface area (Å²) in [7, 11) is 0. The van der Waals surface area contributed by atoms with Gasteiger partial charge in [-0.3, -0.25) is 4.72 Å². The maximum Gasteiger partial charge on any atom is 0.0143 e. The highest BCUT2D eigenvalue weighted by atomic mass is 32.2. The van der Waals surface area contributed by atoms with Crippen LogP contribution in [0.15, 0.2) is 0 Å². The lowest BCUT2D eigenvalue weighted by Gasteiger charge is -2.09. The molecule has 0 heterocycles. The van der Waals surface area contributed by atoms with Crippen molar-refractivity contribution in [3.05, 3.63) is 0 Å². The average molecular weight is 147 g/mol. The topological polar surface area (TPSA) is 12.0 Å². The largest absolute Gasteiger partial charge is 0.262 e. The van der Waals surface area contributed by atoms with Crippen LogP contribution in [-0.2, 0) is 0 Å². The van der Waals surface area contributed by atoms with Gasteiger partial charge in [-0.2, -0.15) is 0 Å². The summed E-state index contributed by atoms with van der Waals surface area (Å²) in [5.41, 5.74) is 0. The van der Waals surface area contributed by atoms with Crippen LogP contribution in [0, 0.1) is 0 Å². The molecule has 0 aromatic rings. The van der Waals surface area contributed by atoms with Crippen molar-refractivity contribution in [1.82, 2.24) is 4.72 Å². The Bertz CT molecular complexity index is 56.9. The van der Waals surface area contributed by atoms with Gasteiger partial charge in [-0.25, -0.2) is 0 Å². The zero-order chi connectivity index (χ0) is 7.11. The van der Waals surface area contributed by atoms with Crippen LogP contribution in [0.25, 0.3) is 0 Å². The van der Waals surface area contributed by atoms with E-state index in [9.17, 15) is 0 Å². The summed E-state index contributed by atoms with van der Waals surface area (Å²) in [5.74, 6) is 0. The normalized spacial score (nSPS) is 13.7. The summed E-state index contributed by atoms with van der Waals surface area (Å²) in [5, 5.41) is 0. The van der Waals surface area contributed by atoms with Gasteiger partial charge >= 0.3 is 0 Å². The molecule has 0 aromatic heterocycles. The molecule has 2 heteroatoms. The van der Waals surface area contributed by atoms with Gasteiger partial charge in [-0.1, -0.05) is 31.7 Å². The molecule has 1 N–H and O–H groups in total. The molecule has 0 aromatic carbocycles. The van der Waals surface area contributed by atoms with Crippen molar-refractivity contribution in [2.45, 2.75) is 39.2 Å². The van der Waals surface area contributed by atoms with Crippen LogP contribution in [0.3, 0.4) is 0 Å². The van der Waals surface area contributed by atoms with Crippen LogP contribution in [0.4, 0.5) is 0 Å². The summed E-state index contributed by atoms with van der Waals surface area (Å²) in [6.45, 7) is 4.46. The number of hydrogen-bond acceptors (Lipinski definition) is 2. The lowest BCUT2D eigenvalue weighted by atomic mass is 10.2. The third kappa shape index (κ3) is 6.19. The minimum atomic E-state index is 0.681. The smallest absolute Gasteiger partial charge is 0.0143 e. The standard InChI is InChI=1S/C7H17NS/c1-4-5-6-7(2)8-9-3/h7-8H,4-6H2,1-3H3. The molecular weight excluding hydrogens is 130 g/mol. The minimum absolute atomic E-state index is 0.681. The Hall–Kier alpha value is 0.310. The van der Waals surface area contributed by atoms with E-state index in [4.69, 9.17) is 0 Å². The summed E-state index contributed by atoms with van der Waals surface area (Å²) in [6, 6.07) is 0.681. The highest BCUT2D eigenvalue weighted by Crippen LogP contribution is 2.01. The Balaban J connectivity index is 2.95. The van der Waals surface area contributed by atoms with Crippen molar-refractivity contribution < 1.29 is 0 Å². The first-order valence-corrected chi connectivity index (χ1v) is 4.82. The zero-order valence-electron chi connectivity index (χ0n) is 6.61. The molecule has 0 aliphatic carbocycles. The van der Waals surface area contributed by atoms with Crippen molar-refractivity contribution in [2.75, 3.05) is 6.26 Å². The van der Waals surface area contributed by atoms with Crippen molar-refractivity contribution in [1.29, 1.82) is 0 Å². The SMILES string of the molecule is CCCCC(C)NSC. The molecule has 0 spiro atoms. The molecule has 1 nitrogen and oxygen atoms in total. The molecule has 0 rings (SSSR count). The molecule has 0 aliphatic rings. The number of unbranched alkanes of at least 4 members (excludes halogenated alkanes) is 1. The maximum absolute atomic E-state index is 3.30. The fourth-order valence-electron chi connectivity index (χ4n) is 0.770. The third-order valence-electron chi connectivity index (χ3n) is 1.31. The van der Waals surface area contributed by atoms with E-state index in [2.05, 4.69) is 24.8 Å². The second-order valence-electron chi connectivity index (χ2n) is 2.37. The van der Waals surface area contributed by atoms with Gasteiger partial charge in [-0.05, 0) is 19.6 Å². The molecule has 0 saturated heterocycles. The lowest BCUT2D eigenvalue weighted by molar-refractivity contribution is 0.588. The van der Waals surface area contributed by atoms with Crippen molar-refractivity contribution >= 4 is 11.9 Å². The molecule has 56 valence electrons. The molecule has 0 saturated carbocycles. The Morgan fingerprint density at radius 1 is 1.56 bits per heavy atom. The van der Waals surface area contributed by atoms with Gasteiger partial charge in [0, 0.05) is 6.04 Å². The van der Waals surface area contributed by atoms with E-state index in [0.717, 1.165) is 0 Å². The average Bonchev–Trinajstić information content (AvgIpc) is 1.85. The van der Waals surface area contributed by atoms with Gasteiger partial charge in [0.05, 0.1) is 0 Å². The predicted molar refractivity (Wildman–Crippen MR) is 45.6 cm³/mol. The Morgan fingerprint density at radius 3 is 2.67 bits per heavy atom. The predicted octanol–water partition coefficient (Wildman–Crippen LogP) is 2.43. The highest BCUT2D eigenvalue weighted by molar-refractivity contribution is 7.96. The lowest BCUT2D eigenvalue weighted by Crippen LogP contribution is -2.17. The summed E-state index contributed by atoms with van der Waals surface area (Å²) in [4.78, 5) is 0. The van der Waals surface area contributed by atoms with Crippen LogP contribution < -0.4 is 4.72 Å². The molecule has 0 aliphatic heterocycles. The molecule has 1 atom stereocenters. The first kappa shape index (κ1) is 9.31. The summed E-state index contributed by atoms with van der Waals surface area (Å²) in [6.07, 6.45) is 6.02. The van der Waals surface area contributed by atoms with Crippen LogP contribution in [0.5, 0.6) is 0 Å². The molecule has 0 bridgehead atoms. The van der Waals surface area contributed by atoms with Crippen LogP contribution >= 0.6 is 11.9 Å². The maximum atomic E-state index is 3.30. The van der Waals surface area contributed by atoms with Gasteiger partial charge in [0.25, 0.3) is 0 Å². The van der Waals surface area contributed by atoms with Gasteiger partial charge in [-0.15, -0.1) is 0 Å². The molecule has 9 heavy (non-hydrogen) atoms.